The minimum absolute atomic E-state index is 0.129. The number of hydrogen-bond donors (Lipinski definition) is 0. The Morgan fingerprint density at radius 3 is 2.93 bits per heavy atom. The number of hydrogen-bond acceptors (Lipinski definition) is 7. The van der Waals surface area contributed by atoms with Gasteiger partial charge in [0, 0.05) is 18.0 Å². The molecule has 1 aliphatic heterocycles. The monoisotopic (exact) mass is 390 g/mol. The van der Waals surface area contributed by atoms with Gasteiger partial charge < -0.3 is 9.47 Å². The van der Waals surface area contributed by atoms with Gasteiger partial charge in [0.2, 0.25) is 0 Å². The van der Waals surface area contributed by atoms with Crippen LogP contribution in [-0.2, 0) is 13.1 Å². The van der Waals surface area contributed by atoms with Gasteiger partial charge in [-0.05, 0) is 25.1 Å². The lowest BCUT2D eigenvalue weighted by Crippen LogP contribution is -2.22. The molecule has 0 saturated heterocycles. The summed E-state index contributed by atoms with van der Waals surface area (Å²) in [6.45, 7) is 2.84. The minimum Gasteiger partial charge on any atom is -0.488 e. The van der Waals surface area contributed by atoms with E-state index >= 15 is 0 Å². The second-order valence-electron chi connectivity index (χ2n) is 6.30. The number of nitriles is 1. The molecule has 4 rings (SSSR count). The number of nitrogens with zero attached hydrogens (tertiary/aromatic N) is 6. The zero-order valence-corrected chi connectivity index (χ0v) is 16.0. The summed E-state index contributed by atoms with van der Waals surface area (Å²) in [7, 11) is 1.54. The van der Waals surface area contributed by atoms with Crippen molar-refractivity contribution in [2.75, 3.05) is 18.6 Å². The van der Waals surface area contributed by atoms with Crippen molar-refractivity contribution >= 4 is 11.6 Å². The fourth-order valence-electron chi connectivity index (χ4n) is 3.19. The lowest BCUT2D eigenvalue weighted by atomic mass is 10.1. The SMILES string of the molecule is CCOc1cc(-c2ccc3c(n2)CN(c2cnn(CC#N)c2)C3=O)cnc1OC. The molecule has 0 unspecified atom stereocenters. The molecule has 9 heteroatoms. The Kier molecular flexibility index (Phi) is 4.83. The largest absolute Gasteiger partial charge is 0.488 e. The maximum atomic E-state index is 12.8. The highest BCUT2D eigenvalue weighted by Crippen LogP contribution is 2.32. The Balaban J connectivity index is 1.64. The van der Waals surface area contributed by atoms with Crippen LogP contribution < -0.4 is 14.4 Å². The number of pyridine rings is 2. The molecule has 0 bridgehead atoms. The van der Waals surface area contributed by atoms with E-state index in [9.17, 15) is 4.79 Å². The molecular formula is C20H18N6O3. The van der Waals surface area contributed by atoms with Gasteiger partial charge in [-0.25, -0.2) is 4.98 Å². The van der Waals surface area contributed by atoms with Crippen molar-refractivity contribution in [2.24, 2.45) is 0 Å². The van der Waals surface area contributed by atoms with E-state index in [-0.39, 0.29) is 12.5 Å². The maximum Gasteiger partial charge on any atom is 0.260 e. The summed E-state index contributed by atoms with van der Waals surface area (Å²) in [6, 6.07) is 7.41. The number of aromatic nitrogens is 4. The molecule has 1 aliphatic rings. The fourth-order valence-corrected chi connectivity index (χ4v) is 3.19. The first-order valence-electron chi connectivity index (χ1n) is 9.03. The molecule has 0 aromatic carbocycles. The van der Waals surface area contributed by atoms with Crippen LogP contribution >= 0.6 is 0 Å². The van der Waals surface area contributed by atoms with Gasteiger partial charge in [0.15, 0.2) is 5.75 Å². The zero-order valence-electron chi connectivity index (χ0n) is 16.0. The normalized spacial score (nSPS) is 12.6. The molecule has 0 spiro atoms. The van der Waals surface area contributed by atoms with Crippen molar-refractivity contribution in [2.45, 2.75) is 20.0 Å². The standard InChI is InChI=1S/C20H18N6O3/c1-3-29-18-8-13(9-22-19(18)28-2)16-5-4-15-17(24-16)12-26(20(15)27)14-10-23-25(11-14)7-6-21/h4-5,8-11H,3,7,12H2,1-2H3. The molecule has 0 fully saturated rings. The highest BCUT2D eigenvalue weighted by Gasteiger charge is 2.31. The van der Waals surface area contributed by atoms with Gasteiger partial charge in [-0.2, -0.15) is 10.4 Å². The van der Waals surface area contributed by atoms with Crippen LogP contribution in [0.3, 0.4) is 0 Å². The van der Waals surface area contributed by atoms with Crippen LogP contribution in [0, 0.1) is 11.3 Å². The molecule has 146 valence electrons. The summed E-state index contributed by atoms with van der Waals surface area (Å²) in [5.74, 6) is 0.809. The molecule has 4 heterocycles. The van der Waals surface area contributed by atoms with Gasteiger partial charge in [0.1, 0.15) is 6.54 Å². The maximum absolute atomic E-state index is 12.8. The first-order valence-corrected chi connectivity index (χ1v) is 9.03. The minimum atomic E-state index is -0.140. The predicted molar refractivity (Wildman–Crippen MR) is 104 cm³/mol. The van der Waals surface area contributed by atoms with Crippen molar-refractivity contribution in [3.05, 3.63) is 48.0 Å². The smallest absolute Gasteiger partial charge is 0.260 e. The number of rotatable bonds is 6. The van der Waals surface area contributed by atoms with Crippen LogP contribution in [-0.4, -0.2) is 39.4 Å². The highest BCUT2D eigenvalue weighted by molar-refractivity contribution is 6.09. The van der Waals surface area contributed by atoms with Crippen molar-refractivity contribution in [3.8, 4) is 29.0 Å². The molecule has 9 nitrogen and oxygen atoms in total. The topological polar surface area (TPSA) is 106 Å². The summed E-state index contributed by atoms with van der Waals surface area (Å²) < 4.78 is 12.3. The van der Waals surface area contributed by atoms with Gasteiger partial charge in [0.05, 0.1) is 55.2 Å². The zero-order chi connectivity index (χ0) is 20.4. The fraction of sp³-hybridized carbons (Fsp3) is 0.250. The van der Waals surface area contributed by atoms with E-state index < -0.39 is 0 Å². The van der Waals surface area contributed by atoms with Crippen LogP contribution in [0.25, 0.3) is 11.3 Å². The molecular weight excluding hydrogens is 372 g/mol. The molecule has 3 aromatic rings. The lowest BCUT2D eigenvalue weighted by Gasteiger charge is -2.11. The van der Waals surface area contributed by atoms with E-state index in [1.807, 2.05) is 19.1 Å². The van der Waals surface area contributed by atoms with Crippen molar-refractivity contribution in [1.29, 1.82) is 5.26 Å². The van der Waals surface area contributed by atoms with Gasteiger partial charge in [-0.3, -0.25) is 19.4 Å². The quantitative estimate of drug-likeness (QED) is 0.636. The van der Waals surface area contributed by atoms with E-state index in [1.54, 1.807) is 35.6 Å². The van der Waals surface area contributed by atoms with Crippen LogP contribution in [0.1, 0.15) is 23.0 Å². The molecule has 0 saturated carbocycles. The van der Waals surface area contributed by atoms with Gasteiger partial charge >= 0.3 is 0 Å². The van der Waals surface area contributed by atoms with E-state index in [4.69, 9.17) is 14.7 Å². The summed E-state index contributed by atoms with van der Waals surface area (Å²) in [4.78, 5) is 23.3. The molecule has 1 amide bonds. The van der Waals surface area contributed by atoms with Crippen LogP contribution in [0.2, 0.25) is 0 Å². The number of amides is 1. The summed E-state index contributed by atoms with van der Waals surface area (Å²) in [6.07, 6.45) is 4.91. The van der Waals surface area contributed by atoms with E-state index in [1.165, 1.54) is 11.8 Å². The average Bonchev–Trinajstić information content (AvgIpc) is 3.32. The molecule has 0 atom stereocenters. The molecule has 0 aliphatic carbocycles. The molecule has 0 radical (unpaired) electrons. The number of ether oxygens (including phenoxy) is 2. The molecule has 29 heavy (non-hydrogen) atoms. The van der Waals surface area contributed by atoms with E-state index in [0.29, 0.717) is 47.4 Å². The third-order valence-electron chi connectivity index (χ3n) is 4.53. The Morgan fingerprint density at radius 2 is 2.17 bits per heavy atom. The Hall–Kier alpha value is -3.93. The molecule has 3 aromatic heterocycles. The van der Waals surface area contributed by atoms with Crippen molar-refractivity contribution < 1.29 is 14.3 Å². The lowest BCUT2D eigenvalue weighted by molar-refractivity contribution is 0.0996. The van der Waals surface area contributed by atoms with Crippen LogP contribution in [0.4, 0.5) is 5.69 Å². The van der Waals surface area contributed by atoms with E-state index in [0.717, 1.165) is 5.56 Å². The van der Waals surface area contributed by atoms with Crippen LogP contribution in [0.5, 0.6) is 11.6 Å². The summed E-state index contributed by atoms with van der Waals surface area (Å²) in [5.41, 5.74) is 3.32. The number of fused-ring (bicyclic) bond motifs is 1. The second kappa shape index (κ2) is 7.59. The summed E-state index contributed by atoms with van der Waals surface area (Å²) >= 11 is 0. The number of carbonyl (C=O) groups excluding carboxylic acids is 1. The third kappa shape index (κ3) is 3.36. The van der Waals surface area contributed by atoms with Gasteiger partial charge in [-0.15, -0.1) is 0 Å². The van der Waals surface area contributed by atoms with Crippen LogP contribution in [0.15, 0.2) is 36.8 Å². The Bertz CT molecular complexity index is 1120. The van der Waals surface area contributed by atoms with Crippen molar-refractivity contribution in [1.82, 2.24) is 19.7 Å². The first kappa shape index (κ1) is 18.4. The Labute approximate surface area is 167 Å². The van der Waals surface area contributed by atoms with E-state index in [2.05, 4.69) is 15.1 Å². The van der Waals surface area contributed by atoms with Gasteiger partial charge in [0.25, 0.3) is 11.8 Å². The number of anilines is 1. The predicted octanol–water partition coefficient (Wildman–Crippen LogP) is 2.43. The second-order valence-corrected chi connectivity index (χ2v) is 6.30. The van der Waals surface area contributed by atoms with Crippen molar-refractivity contribution in [3.63, 3.8) is 0 Å². The summed E-state index contributed by atoms with van der Waals surface area (Å²) in [5, 5.41) is 12.9. The average molecular weight is 390 g/mol. The number of methoxy groups -OCH3 is 1. The Morgan fingerprint density at radius 1 is 1.31 bits per heavy atom. The van der Waals surface area contributed by atoms with Gasteiger partial charge in [-0.1, -0.05) is 0 Å². The molecule has 0 N–H and O–H groups in total. The highest BCUT2D eigenvalue weighted by atomic mass is 16.5. The first-order chi connectivity index (χ1) is 14.1. The third-order valence-corrected chi connectivity index (χ3v) is 4.53. The number of carbonyl (C=O) groups is 1.